The Morgan fingerprint density at radius 2 is 1.87 bits per heavy atom. The van der Waals surface area contributed by atoms with Gasteiger partial charge in [-0.25, -0.2) is 8.78 Å². The van der Waals surface area contributed by atoms with Gasteiger partial charge in [0.15, 0.2) is 0 Å². The van der Waals surface area contributed by atoms with Gasteiger partial charge in [0.25, 0.3) is 5.92 Å². The Morgan fingerprint density at radius 1 is 1.13 bits per heavy atom. The fraction of sp³-hybridized carbons (Fsp3) is 0.923. The van der Waals surface area contributed by atoms with Crippen LogP contribution in [0.2, 0.25) is 0 Å². The standard InChI is InChI=1S/C26H42F2O2/c1-5-25(30)13-12-23(3)18(15-25)6-7-19-21-9-8-20(17(2)14-26(27,28)16-29)24(21,4)11-10-22(19)23/h6,17,19-22,29-30H,5,7-16H2,1-4H3/t17-,19+,20-,21+,22+,23+,24-,25+/m1/s1. The maximum Gasteiger partial charge on any atom is 0.270 e. The second-order valence-electron chi connectivity index (χ2n) is 11.9. The van der Waals surface area contributed by atoms with E-state index in [-0.39, 0.29) is 23.2 Å². The molecule has 2 N–H and O–H groups in total. The zero-order valence-electron chi connectivity index (χ0n) is 19.4. The molecule has 0 aromatic heterocycles. The predicted molar refractivity (Wildman–Crippen MR) is 116 cm³/mol. The van der Waals surface area contributed by atoms with Crippen molar-refractivity contribution in [2.24, 2.45) is 40.4 Å². The number of hydrogen-bond acceptors (Lipinski definition) is 2. The van der Waals surface area contributed by atoms with Crippen molar-refractivity contribution in [3.05, 3.63) is 11.6 Å². The summed E-state index contributed by atoms with van der Waals surface area (Å²) in [7, 11) is 0. The van der Waals surface area contributed by atoms with Crippen molar-refractivity contribution >= 4 is 0 Å². The lowest BCUT2D eigenvalue weighted by Crippen LogP contribution is -2.52. The average molecular weight is 425 g/mol. The van der Waals surface area contributed by atoms with Gasteiger partial charge < -0.3 is 10.2 Å². The Labute approximate surface area is 181 Å². The molecule has 2 nitrogen and oxygen atoms in total. The van der Waals surface area contributed by atoms with Crippen LogP contribution in [0, 0.1) is 40.4 Å². The SMILES string of the molecule is CC[C@]1(O)CC[C@@]2(C)C(=CC[C@H]3[C@@H]4CC[C@H]([C@H](C)CC(F)(F)CO)[C@@]4(C)CC[C@@H]32)C1. The molecule has 8 atom stereocenters. The van der Waals surface area contributed by atoms with Crippen molar-refractivity contribution in [3.63, 3.8) is 0 Å². The summed E-state index contributed by atoms with van der Waals surface area (Å²) in [4.78, 5) is 0. The summed E-state index contributed by atoms with van der Waals surface area (Å²) in [6, 6.07) is 0. The lowest BCUT2D eigenvalue weighted by atomic mass is 9.46. The van der Waals surface area contributed by atoms with Crippen LogP contribution in [0.4, 0.5) is 8.78 Å². The molecule has 0 amide bonds. The van der Waals surface area contributed by atoms with Crippen LogP contribution in [0.15, 0.2) is 11.6 Å². The first-order valence-corrected chi connectivity index (χ1v) is 12.4. The zero-order chi connectivity index (χ0) is 21.9. The highest BCUT2D eigenvalue weighted by Gasteiger charge is 2.60. The minimum Gasteiger partial charge on any atom is -0.390 e. The van der Waals surface area contributed by atoms with Gasteiger partial charge in [-0.15, -0.1) is 0 Å². The number of aliphatic hydroxyl groups is 2. The number of rotatable bonds is 5. The molecule has 4 heteroatoms. The maximum atomic E-state index is 13.9. The van der Waals surface area contributed by atoms with Gasteiger partial charge in [-0.1, -0.05) is 39.3 Å². The highest BCUT2D eigenvalue weighted by molar-refractivity contribution is 5.27. The zero-order valence-corrected chi connectivity index (χ0v) is 19.4. The quantitative estimate of drug-likeness (QED) is 0.504. The van der Waals surface area contributed by atoms with E-state index >= 15 is 0 Å². The lowest BCUT2D eigenvalue weighted by molar-refractivity contribution is -0.0943. The molecule has 0 unspecified atom stereocenters. The van der Waals surface area contributed by atoms with Crippen molar-refractivity contribution in [2.75, 3.05) is 6.61 Å². The molecule has 4 aliphatic carbocycles. The van der Waals surface area contributed by atoms with Gasteiger partial charge >= 0.3 is 0 Å². The molecular formula is C26H42F2O2. The summed E-state index contributed by atoms with van der Waals surface area (Å²) in [5, 5.41) is 20.0. The molecule has 0 aromatic carbocycles. The number of hydrogen-bond donors (Lipinski definition) is 2. The number of aliphatic hydroxyl groups excluding tert-OH is 1. The van der Waals surface area contributed by atoms with Crippen molar-refractivity contribution in [3.8, 4) is 0 Å². The number of allylic oxidation sites excluding steroid dienone is 1. The monoisotopic (exact) mass is 424 g/mol. The molecule has 0 saturated heterocycles. The molecule has 0 heterocycles. The highest BCUT2D eigenvalue weighted by Crippen LogP contribution is 2.68. The molecule has 0 radical (unpaired) electrons. The van der Waals surface area contributed by atoms with Crippen LogP contribution in [0.3, 0.4) is 0 Å². The summed E-state index contributed by atoms with van der Waals surface area (Å²) < 4.78 is 27.8. The fourth-order valence-corrected chi connectivity index (χ4v) is 8.67. The minimum atomic E-state index is -2.96. The number of alkyl halides is 2. The summed E-state index contributed by atoms with van der Waals surface area (Å²) in [6.45, 7) is 7.88. The van der Waals surface area contributed by atoms with Crippen molar-refractivity contribution in [2.45, 2.75) is 103 Å². The van der Waals surface area contributed by atoms with Crippen LogP contribution >= 0.6 is 0 Å². The summed E-state index contributed by atoms with van der Waals surface area (Å²) in [5.74, 6) is -0.744. The predicted octanol–water partition coefficient (Wildman–Crippen LogP) is 6.36. The maximum absolute atomic E-state index is 13.9. The van der Waals surface area contributed by atoms with Gasteiger partial charge in [0.1, 0.15) is 6.61 Å². The van der Waals surface area contributed by atoms with Crippen LogP contribution in [0.25, 0.3) is 0 Å². The van der Waals surface area contributed by atoms with Crippen LogP contribution in [0.1, 0.15) is 91.9 Å². The summed E-state index contributed by atoms with van der Waals surface area (Å²) in [6.07, 6.45) is 11.6. The third-order valence-corrected chi connectivity index (χ3v) is 10.5. The molecule has 172 valence electrons. The Kier molecular flexibility index (Phi) is 5.71. The Morgan fingerprint density at radius 3 is 2.53 bits per heavy atom. The Bertz CT molecular complexity index is 691. The van der Waals surface area contributed by atoms with Crippen molar-refractivity contribution in [1.82, 2.24) is 0 Å². The normalized spacial score (nSPS) is 47.1. The van der Waals surface area contributed by atoms with Gasteiger partial charge in [0.05, 0.1) is 5.60 Å². The number of fused-ring (bicyclic) bond motifs is 5. The van der Waals surface area contributed by atoms with E-state index in [1.54, 1.807) is 0 Å². The van der Waals surface area contributed by atoms with E-state index in [0.717, 1.165) is 51.4 Å². The third-order valence-electron chi connectivity index (χ3n) is 10.5. The van der Waals surface area contributed by atoms with Gasteiger partial charge in [0, 0.05) is 6.42 Å². The average Bonchev–Trinajstić information content (AvgIpc) is 3.06. The van der Waals surface area contributed by atoms with E-state index in [4.69, 9.17) is 5.11 Å². The molecule has 3 saturated carbocycles. The van der Waals surface area contributed by atoms with E-state index in [2.05, 4.69) is 26.8 Å². The molecule has 0 spiro atoms. The lowest BCUT2D eigenvalue weighted by Gasteiger charge is -2.59. The first-order valence-electron chi connectivity index (χ1n) is 12.4. The van der Waals surface area contributed by atoms with Gasteiger partial charge in [-0.3, -0.25) is 0 Å². The fourth-order valence-electron chi connectivity index (χ4n) is 8.67. The molecule has 30 heavy (non-hydrogen) atoms. The summed E-state index contributed by atoms with van der Waals surface area (Å²) in [5.41, 5.74) is 1.33. The first kappa shape index (κ1) is 22.7. The topological polar surface area (TPSA) is 40.5 Å². The molecule has 0 aliphatic heterocycles. The molecule has 4 aliphatic rings. The third kappa shape index (κ3) is 3.49. The first-order chi connectivity index (χ1) is 14.0. The van der Waals surface area contributed by atoms with Gasteiger partial charge in [-0.05, 0) is 98.2 Å². The van der Waals surface area contributed by atoms with Gasteiger partial charge in [0.2, 0.25) is 0 Å². The summed E-state index contributed by atoms with van der Waals surface area (Å²) >= 11 is 0. The van der Waals surface area contributed by atoms with E-state index in [9.17, 15) is 13.9 Å². The minimum absolute atomic E-state index is 0.0572. The molecule has 0 bridgehead atoms. The van der Waals surface area contributed by atoms with Crippen LogP contribution in [-0.2, 0) is 0 Å². The molecule has 4 rings (SSSR count). The highest BCUT2D eigenvalue weighted by atomic mass is 19.3. The Balaban J connectivity index is 1.55. The molecular weight excluding hydrogens is 382 g/mol. The Hall–Kier alpha value is -0.480. The van der Waals surface area contributed by atoms with Gasteiger partial charge in [-0.2, -0.15) is 0 Å². The second-order valence-corrected chi connectivity index (χ2v) is 11.9. The smallest absolute Gasteiger partial charge is 0.270 e. The molecule has 3 fully saturated rings. The molecule has 0 aromatic rings. The van der Waals surface area contributed by atoms with E-state index in [1.807, 2.05) is 6.92 Å². The van der Waals surface area contributed by atoms with Crippen LogP contribution in [-0.4, -0.2) is 28.3 Å². The second kappa shape index (κ2) is 7.54. The van der Waals surface area contributed by atoms with E-state index < -0.39 is 18.1 Å². The van der Waals surface area contributed by atoms with E-state index in [1.165, 1.54) is 12.0 Å². The van der Waals surface area contributed by atoms with Crippen molar-refractivity contribution < 1.29 is 19.0 Å². The largest absolute Gasteiger partial charge is 0.390 e. The van der Waals surface area contributed by atoms with Crippen LogP contribution in [0.5, 0.6) is 0 Å². The number of halogens is 2. The van der Waals surface area contributed by atoms with E-state index in [0.29, 0.717) is 23.7 Å². The van der Waals surface area contributed by atoms with Crippen LogP contribution < -0.4 is 0 Å². The van der Waals surface area contributed by atoms with Crippen molar-refractivity contribution in [1.29, 1.82) is 0 Å².